The molecule has 0 aromatic heterocycles. The van der Waals surface area contributed by atoms with Gasteiger partial charge in [0.05, 0.1) is 11.8 Å². The number of likely N-dealkylation sites (tertiary alicyclic amines) is 1. The highest BCUT2D eigenvalue weighted by Gasteiger charge is 2.51. The Kier molecular flexibility index (Phi) is 2.38. The summed E-state index contributed by atoms with van der Waals surface area (Å²) in [4.78, 5) is 25.5. The highest BCUT2D eigenvalue weighted by molar-refractivity contribution is 6.06. The van der Waals surface area contributed by atoms with Crippen LogP contribution in [0.15, 0.2) is 12.2 Å². The highest BCUT2D eigenvalue weighted by atomic mass is 16.2. The first kappa shape index (κ1) is 10.9. The fourth-order valence-corrected chi connectivity index (χ4v) is 2.42. The molecule has 2 rings (SSSR count). The minimum Gasteiger partial charge on any atom is -0.274 e. The van der Waals surface area contributed by atoms with Gasteiger partial charge in [-0.1, -0.05) is 18.1 Å². The predicted octanol–water partition coefficient (Wildman–Crippen LogP) is 1.35. The number of nitrogens with zero attached hydrogens (tertiary/aromatic N) is 1. The number of hydrogen-bond acceptors (Lipinski definition) is 2. The second-order valence-electron chi connectivity index (χ2n) is 4.87. The van der Waals surface area contributed by atoms with Crippen molar-refractivity contribution in [3.05, 3.63) is 12.2 Å². The second-order valence-corrected chi connectivity index (χ2v) is 4.87. The van der Waals surface area contributed by atoms with Crippen molar-refractivity contribution in [1.82, 2.24) is 4.90 Å². The first-order valence-electron chi connectivity index (χ1n) is 5.49. The van der Waals surface area contributed by atoms with Crippen LogP contribution < -0.4 is 0 Å². The summed E-state index contributed by atoms with van der Waals surface area (Å²) < 4.78 is 0. The van der Waals surface area contributed by atoms with Gasteiger partial charge in [0.1, 0.15) is 5.54 Å². The Hall–Kier alpha value is -1.56. The van der Waals surface area contributed by atoms with Crippen molar-refractivity contribution >= 4 is 11.8 Å². The van der Waals surface area contributed by atoms with E-state index in [1.54, 1.807) is 13.8 Å². The van der Waals surface area contributed by atoms with Crippen LogP contribution in [0.5, 0.6) is 0 Å². The highest BCUT2D eigenvalue weighted by Crippen LogP contribution is 2.38. The van der Waals surface area contributed by atoms with Gasteiger partial charge in [-0.2, -0.15) is 0 Å². The lowest BCUT2D eigenvalue weighted by Gasteiger charge is -2.29. The molecule has 2 amide bonds. The number of carbonyl (C=O) groups excluding carboxylic acids is 2. The molecule has 0 bridgehead atoms. The van der Waals surface area contributed by atoms with Gasteiger partial charge in [0.2, 0.25) is 11.8 Å². The number of amides is 2. The Labute approximate surface area is 95.5 Å². The molecule has 2 aliphatic rings. The van der Waals surface area contributed by atoms with Gasteiger partial charge in [0.15, 0.2) is 0 Å². The quantitative estimate of drug-likeness (QED) is 0.378. The molecule has 0 aromatic rings. The molecule has 0 saturated carbocycles. The maximum atomic E-state index is 12.1. The number of fused-ring (bicyclic) bond motifs is 1. The molecule has 0 N–H and O–H groups in total. The topological polar surface area (TPSA) is 37.4 Å². The van der Waals surface area contributed by atoms with Gasteiger partial charge in [-0.3, -0.25) is 14.5 Å². The number of rotatable bonds is 1. The molecule has 1 aliphatic carbocycles. The van der Waals surface area contributed by atoms with Crippen LogP contribution in [0.3, 0.4) is 0 Å². The van der Waals surface area contributed by atoms with Crippen molar-refractivity contribution in [2.45, 2.75) is 32.2 Å². The van der Waals surface area contributed by atoms with Crippen molar-refractivity contribution in [2.24, 2.45) is 11.8 Å². The van der Waals surface area contributed by atoms with Crippen LogP contribution in [0.1, 0.15) is 26.7 Å². The number of carbonyl (C=O) groups is 2. The zero-order valence-electron chi connectivity index (χ0n) is 9.56. The lowest BCUT2D eigenvalue weighted by Crippen LogP contribution is -2.47. The van der Waals surface area contributed by atoms with Gasteiger partial charge in [0.25, 0.3) is 0 Å². The molecule has 2 atom stereocenters. The fourth-order valence-electron chi connectivity index (χ4n) is 2.42. The van der Waals surface area contributed by atoms with E-state index in [9.17, 15) is 9.59 Å². The summed E-state index contributed by atoms with van der Waals surface area (Å²) in [6, 6.07) is 0. The van der Waals surface area contributed by atoms with Gasteiger partial charge in [0, 0.05) is 0 Å². The monoisotopic (exact) mass is 217 g/mol. The van der Waals surface area contributed by atoms with E-state index in [1.165, 1.54) is 4.90 Å². The molecule has 3 heteroatoms. The average molecular weight is 217 g/mol. The van der Waals surface area contributed by atoms with Gasteiger partial charge in [-0.15, -0.1) is 6.42 Å². The first-order valence-corrected chi connectivity index (χ1v) is 5.49. The summed E-state index contributed by atoms with van der Waals surface area (Å²) >= 11 is 0. The molecule has 0 radical (unpaired) electrons. The smallest absolute Gasteiger partial charge is 0.234 e. The molecule has 16 heavy (non-hydrogen) atoms. The van der Waals surface area contributed by atoms with Gasteiger partial charge in [-0.25, -0.2) is 0 Å². The molecule has 84 valence electrons. The van der Waals surface area contributed by atoms with E-state index in [0.29, 0.717) is 12.8 Å². The lowest BCUT2D eigenvalue weighted by atomic mass is 9.85. The minimum absolute atomic E-state index is 0.109. The third-order valence-electron chi connectivity index (χ3n) is 3.42. The van der Waals surface area contributed by atoms with Gasteiger partial charge in [-0.05, 0) is 26.7 Å². The summed E-state index contributed by atoms with van der Waals surface area (Å²) in [5.41, 5.74) is -0.814. The number of imide groups is 1. The van der Waals surface area contributed by atoms with E-state index in [1.807, 2.05) is 12.2 Å². The van der Waals surface area contributed by atoms with E-state index >= 15 is 0 Å². The van der Waals surface area contributed by atoms with Crippen LogP contribution >= 0.6 is 0 Å². The fraction of sp³-hybridized carbons (Fsp3) is 0.538. The average Bonchev–Trinajstić information content (AvgIpc) is 2.53. The van der Waals surface area contributed by atoms with E-state index < -0.39 is 5.54 Å². The minimum atomic E-state index is -0.814. The largest absolute Gasteiger partial charge is 0.274 e. The van der Waals surface area contributed by atoms with Crippen molar-refractivity contribution in [2.75, 3.05) is 0 Å². The molecule has 1 aliphatic heterocycles. The van der Waals surface area contributed by atoms with E-state index in [0.717, 1.165) is 0 Å². The van der Waals surface area contributed by atoms with Crippen molar-refractivity contribution < 1.29 is 9.59 Å². The Morgan fingerprint density at radius 2 is 1.69 bits per heavy atom. The van der Waals surface area contributed by atoms with Gasteiger partial charge < -0.3 is 0 Å². The molecule has 0 aromatic carbocycles. The van der Waals surface area contributed by atoms with Crippen LogP contribution in [-0.2, 0) is 9.59 Å². The SMILES string of the molecule is C#CC(C)(C)N1C(=O)[C@H]2CC=CC[C@H]2C1=O. The summed E-state index contributed by atoms with van der Waals surface area (Å²) in [6.07, 6.45) is 10.6. The maximum absolute atomic E-state index is 12.1. The van der Waals surface area contributed by atoms with E-state index in [2.05, 4.69) is 5.92 Å². The normalized spacial score (nSPS) is 29.2. The van der Waals surface area contributed by atoms with Gasteiger partial charge >= 0.3 is 0 Å². The number of allylic oxidation sites excluding steroid dienone is 2. The summed E-state index contributed by atoms with van der Waals surface area (Å²) in [5, 5.41) is 0. The van der Waals surface area contributed by atoms with Crippen LogP contribution in [0, 0.1) is 24.2 Å². The van der Waals surface area contributed by atoms with Crippen LogP contribution in [0.4, 0.5) is 0 Å². The molecule has 1 fully saturated rings. The summed E-state index contributed by atoms with van der Waals surface area (Å²) in [6.45, 7) is 3.46. The Bertz CT molecular complexity index is 388. The lowest BCUT2D eigenvalue weighted by molar-refractivity contribution is -0.143. The third kappa shape index (κ3) is 1.37. The second kappa shape index (κ2) is 3.48. The van der Waals surface area contributed by atoms with Crippen LogP contribution in [0.25, 0.3) is 0 Å². The number of hydrogen-bond donors (Lipinski definition) is 0. The molecule has 1 saturated heterocycles. The molecular formula is C13H15NO2. The van der Waals surface area contributed by atoms with E-state index in [4.69, 9.17) is 6.42 Å². The van der Waals surface area contributed by atoms with Crippen molar-refractivity contribution in [3.63, 3.8) is 0 Å². The van der Waals surface area contributed by atoms with Crippen molar-refractivity contribution in [3.8, 4) is 12.3 Å². The van der Waals surface area contributed by atoms with Crippen molar-refractivity contribution in [1.29, 1.82) is 0 Å². The summed E-state index contributed by atoms with van der Waals surface area (Å²) in [7, 11) is 0. The zero-order valence-corrected chi connectivity index (χ0v) is 9.56. The first-order chi connectivity index (χ1) is 7.49. The maximum Gasteiger partial charge on any atom is 0.234 e. The van der Waals surface area contributed by atoms with Crippen LogP contribution in [0.2, 0.25) is 0 Å². The molecule has 0 unspecified atom stereocenters. The predicted molar refractivity (Wildman–Crippen MR) is 60.1 cm³/mol. The third-order valence-corrected chi connectivity index (χ3v) is 3.42. The zero-order chi connectivity index (χ0) is 11.9. The Morgan fingerprint density at radius 3 is 2.06 bits per heavy atom. The molecule has 3 nitrogen and oxygen atoms in total. The van der Waals surface area contributed by atoms with Crippen LogP contribution in [-0.4, -0.2) is 22.3 Å². The Balaban J connectivity index is 2.36. The Morgan fingerprint density at radius 1 is 1.25 bits per heavy atom. The van der Waals surface area contributed by atoms with E-state index in [-0.39, 0.29) is 23.7 Å². The molecule has 1 heterocycles. The molecular weight excluding hydrogens is 202 g/mol. The number of terminal acetylenes is 1. The summed E-state index contributed by atoms with van der Waals surface area (Å²) in [5.74, 6) is 1.92. The molecule has 0 spiro atoms. The standard InChI is InChI=1S/C13H15NO2/c1-4-13(2,3)14-11(15)9-7-5-6-8-10(9)12(14)16/h1,5-6,9-10H,7-8H2,2-3H3/t9-,10+.